The Hall–Kier alpha value is -1.62. The Kier molecular flexibility index (Phi) is 2.52. The SMILES string of the molecule is O=C1c2c(cc(Cl)cc2[N+](=O)[O-])CN1CC1CC1. The summed E-state index contributed by atoms with van der Waals surface area (Å²) in [5.74, 6) is 0.332. The fourth-order valence-corrected chi connectivity index (χ4v) is 2.59. The lowest BCUT2D eigenvalue weighted by molar-refractivity contribution is -0.385. The largest absolute Gasteiger partial charge is 0.334 e. The molecular formula is C12H11ClN2O3. The van der Waals surface area contributed by atoms with Gasteiger partial charge in [0.15, 0.2) is 0 Å². The van der Waals surface area contributed by atoms with Crippen LogP contribution in [0.5, 0.6) is 0 Å². The van der Waals surface area contributed by atoms with Crippen LogP contribution in [0.15, 0.2) is 12.1 Å². The zero-order chi connectivity index (χ0) is 12.9. The van der Waals surface area contributed by atoms with Gasteiger partial charge >= 0.3 is 0 Å². The molecule has 1 amide bonds. The summed E-state index contributed by atoms with van der Waals surface area (Å²) >= 11 is 5.85. The quantitative estimate of drug-likeness (QED) is 0.624. The van der Waals surface area contributed by atoms with Crippen LogP contribution in [-0.2, 0) is 6.54 Å². The molecule has 1 fully saturated rings. The molecule has 0 atom stereocenters. The van der Waals surface area contributed by atoms with E-state index in [9.17, 15) is 14.9 Å². The molecule has 1 aliphatic heterocycles. The number of benzene rings is 1. The molecular weight excluding hydrogens is 256 g/mol. The van der Waals surface area contributed by atoms with E-state index in [1.54, 1.807) is 11.0 Å². The molecule has 1 aliphatic carbocycles. The Morgan fingerprint density at radius 2 is 2.17 bits per heavy atom. The van der Waals surface area contributed by atoms with Crippen molar-refractivity contribution in [3.63, 3.8) is 0 Å². The van der Waals surface area contributed by atoms with Crippen LogP contribution < -0.4 is 0 Å². The van der Waals surface area contributed by atoms with E-state index in [2.05, 4.69) is 0 Å². The van der Waals surface area contributed by atoms with Crippen LogP contribution >= 0.6 is 11.6 Å². The van der Waals surface area contributed by atoms with E-state index >= 15 is 0 Å². The highest BCUT2D eigenvalue weighted by atomic mass is 35.5. The standard InChI is InChI=1S/C12H11ClN2O3/c13-9-3-8-6-14(5-7-1-2-7)12(16)11(8)10(4-9)15(17)18/h3-4,7H,1-2,5-6H2. The fraction of sp³-hybridized carbons (Fsp3) is 0.417. The summed E-state index contributed by atoms with van der Waals surface area (Å²) in [4.78, 5) is 24.3. The summed E-state index contributed by atoms with van der Waals surface area (Å²) in [5.41, 5.74) is 0.700. The van der Waals surface area contributed by atoms with Crippen molar-refractivity contribution in [2.45, 2.75) is 19.4 Å². The number of nitrogens with zero attached hydrogens (tertiary/aromatic N) is 2. The summed E-state index contributed by atoms with van der Waals surface area (Å²) in [6, 6.07) is 2.90. The van der Waals surface area contributed by atoms with Gasteiger partial charge < -0.3 is 4.90 Å². The third kappa shape index (κ3) is 1.84. The highest BCUT2D eigenvalue weighted by Gasteiger charge is 2.37. The van der Waals surface area contributed by atoms with Gasteiger partial charge in [-0.05, 0) is 30.4 Å². The van der Waals surface area contributed by atoms with Crippen molar-refractivity contribution in [1.82, 2.24) is 4.90 Å². The van der Waals surface area contributed by atoms with E-state index in [1.807, 2.05) is 0 Å². The van der Waals surface area contributed by atoms with Crippen LogP contribution in [0.3, 0.4) is 0 Å². The fourth-order valence-electron chi connectivity index (χ4n) is 2.36. The maximum Gasteiger partial charge on any atom is 0.283 e. The molecule has 3 rings (SSSR count). The summed E-state index contributed by atoms with van der Waals surface area (Å²) in [7, 11) is 0. The normalized spacial score (nSPS) is 18.1. The minimum Gasteiger partial charge on any atom is -0.334 e. The molecule has 5 nitrogen and oxygen atoms in total. The van der Waals surface area contributed by atoms with Crippen LogP contribution in [0.1, 0.15) is 28.8 Å². The molecule has 0 N–H and O–H groups in total. The second-order valence-corrected chi connectivity index (χ2v) is 5.28. The highest BCUT2D eigenvalue weighted by Crippen LogP contribution is 2.37. The van der Waals surface area contributed by atoms with Crippen LogP contribution in [0, 0.1) is 16.0 Å². The van der Waals surface area contributed by atoms with Crippen molar-refractivity contribution in [1.29, 1.82) is 0 Å². The Morgan fingerprint density at radius 3 is 2.78 bits per heavy atom. The number of hydrogen-bond donors (Lipinski definition) is 0. The van der Waals surface area contributed by atoms with Gasteiger partial charge in [-0.2, -0.15) is 0 Å². The van der Waals surface area contributed by atoms with E-state index in [0.717, 1.165) is 12.8 Å². The monoisotopic (exact) mass is 266 g/mol. The number of carbonyl (C=O) groups excluding carboxylic acids is 1. The summed E-state index contributed by atoms with van der Waals surface area (Å²) in [6.45, 7) is 1.13. The zero-order valence-corrected chi connectivity index (χ0v) is 10.3. The molecule has 2 aliphatic rings. The lowest BCUT2D eigenvalue weighted by atomic mass is 10.1. The summed E-state index contributed by atoms with van der Waals surface area (Å²) in [6.07, 6.45) is 2.28. The van der Waals surface area contributed by atoms with Gasteiger partial charge in [0.1, 0.15) is 5.56 Å². The minimum absolute atomic E-state index is 0.180. The molecule has 0 aromatic heterocycles. The van der Waals surface area contributed by atoms with Crippen LogP contribution in [-0.4, -0.2) is 22.3 Å². The van der Waals surface area contributed by atoms with Crippen LogP contribution in [0.4, 0.5) is 5.69 Å². The summed E-state index contributed by atoms with van der Waals surface area (Å²) < 4.78 is 0. The Balaban J connectivity index is 2.00. The van der Waals surface area contributed by atoms with E-state index in [4.69, 9.17) is 11.6 Å². The third-order valence-electron chi connectivity index (χ3n) is 3.40. The van der Waals surface area contributed by atoms with E-state index in [-0.39, 0.29) is 17.2 Å². The van der Waals surface area contributed by atoms with Gasteiger partial charge in [0, 0.05) is 24.2 Å². The van der Waals surface area contributed by atoms with E-state index in [0.29, 0.717) is 29.6 Å². The first-order valence-corrected chi connectivity index (χ1v) is 6.20. The molecule has 0 spiro atoms. The molecule has 0 saturated heterocycles. The van der Waals surface area contributed by atoms with Gasteiger partial charge in [-0.3, -0.25) is 14.9 Å². The van der Waals surface area contributed by atoms with E-state index in [1.165, 1.54) is 6.07 Å². The van der Waals surface area contributed by atoms with Gasteiger partial charge in [-0.25, -0.2) is 0 Å². The minimum atomic E-state index is -0.538. The van der Waals surface area contributed by atoms with Crippen molar-refractivity contribution in [2.75, 3.05) is 6.54 Å². The lowest BCUT2D eigenvalue weighted by Gasteiger charge is -2.14. The smallest absolute Gasteiger partial charge is 0.283 e. The zero-order valence-electron chi connectivity index (χ0n) is 9.56. The predicted molar refractivity (Wildman–Crippen MR) is 65.6 cm³/mol. The number of nitro benzene ring substituents is 1. The van der Waals surface area contributed by atoms with Gasteiger partial charge in [0.25, 0.3) is 11.6 Å². The van der Waals surface area contributed by atoms with Gasteiger partial charge in [-0.15, -0.1) is 0 Å². The first-order valence-electron chi connectivity index (χ1n) is 5.82. The van der Waals surface area contributed by atoms with Crippen molar-refractivity contribution in [2.24, 2.45) is 5.92 Å². The van der Waals surface area contributed by atoms with Gasteiger partial charge in [0.2, 0.25) is 0 Å². The third-order valence-corrected chi connectivity index (χ3v) is 3.62. The summed E-state index contributed by atoms with van der Waals surface area (Å²) in [5, 5.41) is 11.3. The maximum absolute atomic E-state index is 12.2. The van der Waals surface area contributed by atoms with Gasteiger partial charge in [0.05, 0.1) is 4.92 Å². The molecule has 94 valence electrons. The number of amides is 1. The van der Waals surface area contributed by atoms with E-state index < -0.39 is 4.92 Å². The van der Waals surface area contributed by atoms with Crippen molar-refractivity contribution < 1.29 is 9.72 Å². The molecule has 18 heavy (non-hydrogen) atoms. The highest BCUT2D eigenvalue weighted by molar-refractivity contribution is 6.31. The molecule has 1 heterocycles. The first-order chi connectivity index (χ1) is 8.56. The number of halogens is 1. The van der Waals surface area contributed by atoms with Crippen molar-refractivity contribution >= 4 is 23.2 Å². The number of carbonyl (C=O) groups is 1. The second-order valence-electron chi connectivity index (χ2n) is 4.85. The molecule has 1 saturated carbocycles. The average Bonchev–Trinajstić information content (AvgIpc) is 3.05. The molecule has 6 heteroatoms. The Bertz CT molecular complexity index is 554. The molecule has 1 aromatic carbocycles. The molecule has 0 unspecified atom stereocenters. The number of fused-ring (bicyclic) bond motifs is 1. The number of nitro groups is 1. The van der Waals surface area contributed by atoms with Gasteiger partial charge in [-0.1, -0.05) is 11.6 Å². The van der Waals surface area contributed by atoms with Crippen LogP contribution in [0.2, 0.25) is 5.02 Å². The second kappa shape index (κ2) is 3.95. The topological polar surface area (TPSA) is 63.4 Å². The molecule has 0 radical (unpaired) electrons. The maximum atomic E-state index is 12.2. The Morgan fingerprint density at radius 1 is 1.44 bits per heavy atom. The van der Waals surface area contributed by atoms with Crippen molar-refractivity contribution in [3.05, 3.63) is 38.4 Å². The molecule has 1 aromatic rings. The number of rotatable bonds is 3. The lowest BCUT2D eigenvalue weighted by Crippen LogP contribution is -2.26. The number of hydrogen-bond acceptors (Lipinski definition) is 3. The van der Waals surface area contributed by atoms with Crippen LogP contribution in [0.25, 0.3) is 0 Å². The average molecular weight is 267 g/mol. The van der Waals surface area contributed by atoms with Crippen molar-refractivity contribution in [3.8, 4) is 0 Å². The first kappa shape index (κ1) is 11.5. The Labute approximate surface area is 108 Å². The predicted octanol–water partition coefficient (Wildman–Crippen LogP) is 2.61. The molecule has 0 bridgehead atoms.